The maximum Gasteiger partial charge on any atom is 0.335 e. The molecule has 0 saturated carbocycles. The maximum atomic E-state index is 11.8. The van der Waals surface area contributed by atoms with Gasteiger partial charge in [-0.2, -0.15) is 0 Å². The van der Waals surface area contributed by atoms with Crippen molar-refractivity contribution >= 4 is 44.7 Å². The molecule has 0 amide bonds. The average molecular weight is 563 g/mol. The Hall–Kier alpha value is -4.22. The first-order chi connectivity index (χ1) is 18.5. The zero-order chi connectivity index (χ0) is 27.9. The molecule has 11 heteroatoms. The minimum atomic E-state index is -3.43. The minimum Gasteiger partial charge on any atom is -0.478 e. The van der Waals surface area contributed by atoms with Crippen molar-refractivity contribution in [3.63, 3.8) is 0 Å². The molecule has 3 N–H and O–H groups in total. The van der Waals surface area contributed by atoms with Crippen molar-refractivity contribution in [2.45, 2.75) is 25.9 Å². The number of rotatable bonds is 7. The summed E-state index contributed by atoms with van der Waals surface area (Å²) >= 11 is 5.78. The monoisotopic (exact) mass is 562 g/mol. The van der Waals surface area contributed by atoms with E-state index in [1.54, 1.807) is 36.5 Å². The summed E-state index contributed by atoms with van der Waals surface area (Å²) in [5, 5.41) is 13.2. The Morgan fingerprint density at radius 2 is 1.87 bits per heavy atom. The van der Waals surface area contributed by atoms with E-state index in [9.17, 15) is 18.3 Å². The number of aromatic carboxylic acids is 1. The van der Waals surface area contributed by atoms with Crippen LogP contribution in [0.2, 0.25) is 0 Å². The number of aryl methyl sites for hydroxylation is 2. The number of hydrogen-bond acceptors (Lipinski definition) is 6. The van der Waals surface area contributed by atoms with Crippen LogP contribution < -0.4 is 14.9 Å². The third-order valence-corrected chi connectivity index (χ3v) is 7.44. The predicted octanol–water partition coefficient (Wildman–Crippen LogP) is 5.21. The van der Waals surface area contributed by atoms with Crippen LogP contribution in [0.3, 0.4) is 0 Å². The fourth-order valence-electron chi connectivity index (χ4n) is 4.76. The predicted molar refractivity (Wildman–Crippen MR) is 153 cm³/mol. The van der Waals surface area contributed by atoms with Crippen molar-refractivity contribution in [1.29, 1.82) is 0 Å². The van der Waals surface area contributed by atoms with Gasteiger partial charge in [0.15, 0.2) is 5.11 Å². The third-order valence-electron chi connectivity index (χ3n) is 6.54. The second-order valence-corrected chi connectivity index (χ2v) is 11.5. The van der Waals surface area contributed by atoms with Crippen molar-refractivity contribution in [3.05, 3.63) is 101 Å². The highest BCUT2D eigenvalue weighted by atomic mass is 32.2. The molecule has 0 bridgehead atoms. The van der Waals surface area contributed by atoms with Gasteiger partial charge in [-0.15, -0.1) is 0 Å². The van der Waals surface area contributed by atoms with Crippen molar-refractivity contribution in [3.8, 4) is 11.3 Å². The Morgan fingerprint density at radius 3 is 2.51 bits per heavy atom. The van der Waals surface area contributed by atoms with Gasteiger partial charge < -0.3 is 19.7 Å². The van der Waals surface area contributed by atoms with Crippen LogP contribution >= 0.6 is 12.2 Å². The molecule has 9 nitrogen and oxygen atoms in total. The third kappa shape index (κ3) is 5.36. The summed E-state index contributed by atoms with van der Waals surface area (Å²) in [6.45, 7) is 3.66. The highest BCUT2D eigenvalue weighted by Gasteiger charge is 2.42. The molecule has 2 aromatic heterocycles. The standard InChI is InChI=1S/C28H26N4O5S2/c1-16-14-18(27(33)34)7-9-20(16)23-11-12-24(37-23)26-25(22-6-4-5-13-29-22)30-28(38)32(26)19-8-10-21(17(2)15-19)31-39(3,35)36/h4-15,25-26,31H,1-3H3,(H,30,38)(H,33,34)/t25-,26+/m1/s1. The lowest BCUT2D eigenvalue weighted by Crippen LogP contribution is -2.29. The lowest BCUT2D eigenvalue weighted by atomic mass is 10.0. The second-order valence-electron chi connectivity index (χ2n) is 9.41. The molecular weight excluding hydrogens is 536 g/mol. The van der Waals surface area contributed by atoms with Gasteiger partial charge in [-0.1, -0.05) is 12.1 Å². The highest BCUT2D eigenvalue weighted by Crippen LogP contribution is 2.43. The number of carboxylic acids is 1. The van der Waals surface area contributed by atoms with Crippen molar-refractivity contribution < 1.29 is 22.7 Å². The van der Waals surface area contributed by atoms with Crippen LogP contribution in [0.1, 0.15) is 45.0 Å². The molecule has 1 saturated heterocycles. The summed E-state index contributed by atoms with van der Waals surface area (Å²) in [6.07, 6.45) is 2.83. The molecule has 39 heavy (non-hydrogen) atoms. The zero-order valence-electron chi connectivity index (χ0n) is 21.4. The SMILES string of the molecule is Cc1cc(N2C(=S)N[C@H](c3ccccn3)[C@@H]2c2ccc(-c3ccc(C(=O)O)cc3C)o2)ccc1NS(C)(=O)=O. The molecule has 1 fully saturated rings. The Morgan fingerprint density at radius 1 is 1.08 bits per heavy atom. The van der Waals surface area contributed by atoms with Crippen LogP contribution in [-0.2, 0) is 10.0 Å². The molecule has 0 radical (unpaired) electrons. The van der Waals surface area contributed by atoms with Gasteiger partial charge in [-0.25, -0.2) is 13.2 Å². The lowest BCUT2D eigenvalue weighted by molar-refractivity contribution is 0.0696. The number of thiocarbonyl (C=S) groups is 1. The largest absolute Gasteiger partial charge is 0.478 e. The van der Waals surface area contributed by atoms with Gasteiger partial charge in [0.05, 0.1) is 29.2 Å². The van der Waals surface area contributed by atoms with E-state index in [1.165, 1.54) is 0 Å². The van der Waals surface area contributed by atoms with Gasteiger partial charge in [0, 0.05) is 17.4 Å². The Kier molecular flexibility index (Phi) is 6.87. The zero-order valence-corrected chi connectivity index (χ0v) is 23.0. The smallest absolute Gasteiger partial charge is 0.335 e. The van der Waals surface area contributed by atoms with Gasteiger partial charge in [0.25, 0.3) is 0 Å². The van der Waals surface area contributed by atoms with Crippen LogP contribution in [0.15, 0.2) is 77.3 Å². The molecule has 1 aliphatic heterocycles. The van der Waals surface area contributed by atoms with Crippen molar-refractivity contribution in [2.75, 3.05) is 15.9 Å². The summed E-state index contributed by atoms with van der Waals surface area (Å²) in [4.78, 5) is 17.9. The molecule has 0 spiro atoms. The van der Waals surface area contributed by atoms with Gasteiger partial charge in [-0.05, 0) is 91.8 Å². The van der Waals surface area contributed by atoms with E-state index in [2.05, 4.69) is 15.0 Å². The number of carbonyl (C=O) groups is 1. The minimum absolute atomic E-state index is 0.207. The summed E-state index contributed by atoms with van der Waals surface area (Å²) in [5.74, 6) is 0.240. The summed E-state index contributed by atoms with van der Waals surface area (Å²) in [5.41, 5.74) is 4.52. The topological polar surface area (TPSA) is 125 Å². The first-order valence-electron chi connectivity index (χ1n) is 12.0. The number of nitrogens with one attached hydrogen (secondary N) is 2. The molecule has 4 aromatic rings. The van der Waals surface area contributed by atoms with Crippen molar-refractivity contribution in [2.24, 2.45) is 0 Å². The first kappa shape index (κ1) is 26.4. The fourth-order valence-corrected chi connectivity index (χ4v) is 5.74. The Bertz CT molecular complexity index is 1690. The van der Waals surface area contributed by atoms with Crippen LogP contribution in [0.25, 0.3) is 11.3 Å². The molecule has 5 rings (SSSR count). The van der Waals surface area contributed by atoms with E-state index in [-0.39, 0.29) is 11.6 Å². The maximum absolute atomic E-state index is 11.8. The Balaban J connectivity index is 1.58. The van der Waals surface area contributed by atoms with Gasteiger partial charge in [0.1, 0.15) is 17.6 Å². The van der Waals surface area contributed by atoms with E-state index in [4.69, 9.17) is 16.6 Å². The normalized spacial score (nSPS) is 17.2. The van der Waals surface area contributed by atoms with E-state index in [0.717, 1.165) is 34.3 Å². The highest BCUT2D eigenvalue weighted by molar-refractivity contribution is 7.92. The first-order valence-corrected chi connectivity index (χ1v) is 14.3. The summed E-state index contributed by atoms with van der Waals surface area (Å²) in [7, 11) is -3.43. The summed E-state index contributed by atoms with van der Waals surface area (Å²) in [6, 6.07) is 19.0. The molecule has 1 aliphatic rings. The number of carboxylic acid groups (broad SMARTS) is 1. The number of sulfonamides is 1. The average Bonchev–Trinajstić information content (AvgIpc) is 3.49. The van der Waals surface area contributed by atoms with Crippen LogP contribution in [0.5, 0.6) is 0 Å². The molecule has 2 atom stereocenters. The number of furan rings is 1. The summed E-state index contributed by atoms with van der Waals surface area (Å²) < 4.78 is 32.5. The molecule has 2 aromatic carbocycles. The van der Waals surface area contributed by atoms with Crippen LogP contribution in [0.4, 0.5) is 11.4 Å². The van der Waals surface area contributed by atoms with E-state index >= 15 is 0 Å². The second kappa shape index (κ2) is 10.2. The number of pyridine rings is 1. The number of anilines is 2. The lowest BCUT2D eigenvalue weighted by Gasteiger charge is -2.27. The van der Waals surface area contributed by atoms with Gasteiger partial charge in [-0.3, -0.25) is 9.71 Å². The van der Waals surface area contributed by atoms with E-state index < -0.39 is 22.0 Å². The fraction of sp³-hybridized carbons (Fsp3) is 0.179. The number of aromatic nitrogens is 1. The van der Waals surface area contributed by atoms with Crippen LogP contribution in [0, 0.1) is 13.8 Å². The Labute approximate surface area is 231 Å². The number of benzene rings is 2. The van der Waals surface area contributed by atoms with Crippen LogP contribution in [-0.4, -0.2) is 35.8 Å². The number of nitrogens with zero attached hydrogens (tertiary/aromatic N) is 2. The molecule has 0 aliphatic carbocycles. The van der Waals surface area contributed by atoms with E-state index in [0.29, 0.717) is 22.3 Å². The number of hydrogen-bond donors (Lipinski definition) is 3. The van der Waals surface area contributed by atoms with Gasteiger partial charge >= 0.3 is 5.97 Å². The van der Waals surface area contributed by atoms with E-state index in [1.807, 2.05) is 55.1 Å². The molecular formula is C28H26N4O5S2. The molecule has 0 unspecified atom stereocenters. The van der Waals surface area contributed by atoms with Gasteiger partial charge in [0.2, 0.25) is 10.0 Å². The van der Waals surface area contributed by atoms with Crippen molar-refractivity contribution in [1.82, 2.24) is 10.3 Å². The molecule has 200 valence electrons. The molecule has 3 heterocycles. The quantitative estimate of drug-likeness (QED) is 0.261.